The van der Waals surface area contributed by atoms with Crippen molar-refractivity contribution in [1.29, 1.82) is 0 Å². The average Bonchev–Trinajstić information content (AvgIpc) is 2.47. The Bertz CT molecular complexity index is 381. The van der Waals surface area contributed by atoms with Crippen molar-refractivity contribution in [3.63, 3.8) is 0 Å². The first-order valence-electron chi connectivity index (χ1n) is 7.21. The van der Waals surface area contributed by atoms with Crippen LogP contribution in [-0.2, 0) is 4.74 Å². The molecule has 1 aromatic rings. The first kappa shape index (κ1) is 16.4. The number of hydrogen-bond acceptors (Lipinski definition) is 5. The molecule has 1 rings (SSSR count). The maximum atomic E-state index is 11.8. The van der Waals surface area contributed by atoms with Crippen LogP contribution in [0.25, 0.3) is 0 Å². The minimum atomic E-state index is -0.200. The number of nitrogens with zero attached hydrogens (tertiary/aromatic N) is 2. The number of carbonyl (C=O) groups is 1. The van der Waals surface area contributed by atoms with Gasteiger partial charge >= 0.3 is 0 Å². The minimum Gasteiger partial charge on any atom is -0.381 e. The molecule has 0 saturated carbocycles. The smallest absolute Gasteiger partial charge is 0.271 e. The van der Waals surface area contributed by atoms with Crippen molar-refractivity contribution in [2.45, 2.75) is 33.1 Å². The van der Waals surface area contributed by atoms with Gasteiger partial charge in [-0.15, -0.1) is 10.2 Å². The molecule has 1 heterocycles. The third-order valence-corrected chi connectivity index (χ3v) is 2.65. The molecule has 2 N–H and O–H groups in total. The van der Waals surface area contributed by atoms with E-state index in [9.17, 15) is 4.79 Å². The van der Waals surface area contributed by atoms with Crippen molar-refractivity contribution in [3.8, 4) is 0 Å². The van der Waals surface area contributed by atoms with Gasteiger partial charge in [0.25, 0.3) is 5.91 Å². The highest BCUT2D eigenvalue weighted by molar-refractivity contribution is 5.92. The molecule has 0 spiro atoms. The summed E-state index contributed by atoms with van der Waals surface area (Å²) in [6.45, 7) is 6.93. The van der Waals surface area contributed by atoms with Gasteiger partial charge in [0.1, 0.15) is 5.82 Å². The highest BCUT2D eigenvalue weighted by Gasteiger charge is 2.06. The Hall–Kier alpha value is -1.69. The molecule has 0 bridgehead atoms. The number of amides is 1. The van der Waals surface area contributed by atoms with Crippen molar-refractivity contribution >= 4 is 11.7 Å². The molecule has 0 radical (unpaired) electrons. The van der Waals surface area contributed by atoms with Crippen LogP contribution in [-0.4, -0.2) is 42.4 Å². The van der Waals surface area contributed by atoms with Crippen molar-refractivity contribution in [2.75, 3.05) is 31.6 Å². The van der Waals surface area contributed by atoms with Crippen molar-refractivity contribution in [1.82, 2.24) is 15.5 Å². The maximum Gasteiger partial charge on any atom is 0.271 e. The number of carbonyl (C=O) groups excluding carboxylic acids is 1. The van der Waals surface area contributed by atoms with Gasteiger partial charge in [-0.25, -0.2) is 0 Å². The van der Waals surface area contributed by atoms with E-state index in [4.69, 9.17) is 4.74 Å². The lowest BCUT2D eigenvalue weighted by molar-refractivity contribution is 0.0934. The zero-order chi connectivity index (χ0) is 14.6. The van der Waals surface area contributed by atoms with Crippen LogP contribution in [0.5, 0.6) is 0 Å². The zero-order valence-electron chi connectivity index (χ0n) is 12.3. The largest absolute Gasteiger partial charge is 0.381 e. The highest BCUT2D eigenvalue weighted by Crippen LogP contribution is 2.01. The zero-order valence-corrected chi connectivity index (χ0v) is 12.3. The summed E-state index contributed by atoms with van der Waals surface area (Å²) in [5, 5.41) is 13.6. The monoisotopic (exact) mass is 280 g/mol. The molecule has 1 aromatic heterocycles. The van der Waals surface area contributed by atoms with Gasteiger partial charge in [-0.1, -0.05) is 13.3 Å². The van der Waals surface area contributed by atoms with E-state index >= 15 is 0 Å². The normalized spacial score (nSPS) is 10.3. The molecule has 0 aliphatic carbocycles. The van der Waals surface area contributed by atoms with E-state index in [0.717, 1.165) is 32.4 Å². The minimum absolute atomic E-state index is 0.200. The van der Waals surface area contributed by atoms with Gasteiger partial charge in [0, 0.05) is 26.3 Å². The van der Waals surface area contributed by atoms with Crippen LogP contribution in [0.2, 0.25) is 0 Å². The summed E-state index contributed by atoms with van der Waals surface area (Å²) in [6, 6.07) is 3.41. The molecule has 112 valence electrons. The Balaban J connectivity index is 2.18. The topological polar surface area (TPSA) is 76.1 Å². The maximum absolute atomic E-state index is 11.8. The summed E-state index contributed by atoms with van der Waals surface area (Å²) in [7, 11) is 0. The van der Waals surface area contributed by atoms with Gasteiger partial charge in [-0.2, -0.15) is 0 Å². The van der Waals surface area contributed by atoms with Crippen LogP contribution < -0.4 is 10.6 Å². The number of rotatable bonds is 10. The molecule has 0 saturated heterocycles. The molecular weight excluding hydrogens is 256 g/mol. The first-order valence-corrected chi connectivity index (χ1v) is 7.21. The van der Waals surface area contributed by atoms with E-state index in [1.165, 1.54) is 0 Å². The highest BCUT2D eigenvalue weighted by atomic mass is 16.5. The number of hydrogen-bond donors (Lipinski definition) is 2. The van der Waals surface area contributed by atoms with Gasteiger partial charge in [-0.05, 0) is 31.9 Å². The Labute approximate surface area is 120 Å². The summed E-state index contributed by atoms with van der Waals surface area (Å²) in [5.41, 5.74) is 0.332. The van der Waals surface area contributed by atoms with Gasteiger partial charge in [0.05, 0.1) is 0 Å². The fourth-order valence-electron chi connectivity index (χ4n) is 1.54. The van der Waals surface area contributed by atoms with Crippen molar-refractivity contribution in [2.24, 2.45) is 0 Å². The second-order valence-corrected chi connectivity index (χ2v) is 4.41. The Morgan fingerprint density at radius 2 is 2.00 bits per heavy atom. The number of ether oxygens (including phenoxy) is 1. The third-order valence-electron chi connectivity index (χ3n) is 2.65. The fourth-order valence-corrected chi connectivity index (χ4v) is 1.54. The number of aromatic nitrogens is 2. The summed E-state index contributed by atoms with van der Waals surface area (Å²) >= 11 is 0. The van der Waals surface area contributed by atoms with Gasteiger partial charge in [0.2, 0.25) is 0 Å². The number of anilines is 1. The van der Waals surface area contributed by atoms with E-state index in [2.05, 4.69) is 27.8 Å². The van der Waals surface area contributed by atoms with Crippen LogP contribution >= 0.6 is 0 Å². The van der Waals surface area contributed by atoms with E-state index in [-0.39, 0.29) is 5.91 Å². The van der Waals surface area contributed by atoms with Gasteiger partial charge in [-0.3, -0.25) is 4.79 Å². The lowest BCUT2D eigenvalue weighted by atomic mass is 10.3. The van der Waals surface area contributed by atoms with Crippen LogP contribution in [0.4, 0.5) is 5.82 Å². The van der Waals surface area contributed by atoms with Crippen molar-refractivity contribution < 1.29 is 9.53 Å². The Kier molecular flexibility index (Phi) is 8.30. The molecule has 0 atom stereocenters. The molecule has 6 heteroatoms. The predicted octanol–water partition coefficient (Wildman–Crippen LogP) is 1.84. The summed E-state index contributed by atoms with van der Waals surface area (Å²) in [5.74, 6) is 0.475. The standard InChI is InChI=1S/C14H24N4O2/c1-3-5-10-20-11-6-9-16-14(19)12-7-8-13(15-4-2)18-17-12/h7-8H,3-6,9-11H2,1-2H3,(H,15,18)(H,16,19). The molecule has 0 aliphatic rings. The molecule has 20 heavy (non-hydrogen) atoms. The third kappa shape index (κ3) is 6.47. The summed E-state index contributed by atoms with van der Waals surface area (Å²) in [4.78, 5) is 11.8. The lowest BCUT2D eigenvalue weighted by Gasteiger charge is -2.06. The molecule has 1 amide bonds. The average molecular weight is 280 g/mol. The van der Waals surface area contributed by atoms with Gasteiger partial charge < -0.3 is 15.4 Å². The van der Waals surface area contributed by atoms with Crippen LogP contribution in [0, 0.1) is 0 Å². The molecule has 6 nitrogen and oxygen atoms in total. The van der Waals surface area contributed by atoms with Gasteiger partial charge in [0.15, 0.2) is 5.69 Å². The molecule has 0 aliphatic heterocycles. The van der Waals surface area contributed by atoms with Crippen LogP contribution in [0.1, 0.15) is 43.6 Å². The van der Waals surface area contributed by atoms with E-state index in [1.807, 2.05) is 6.92 Å². The SMILES string of the molecule is CCCCOCCCNC(=O)c1ccc(NCC)nn1. The van der Waals surface area contributed by atoms with E-state index in [1.54, 1.807) is 12.1 Å². The molecular formula is C14H24N4O2. The van der Waals surface area contributed by atoms with Crippen LogP contribution in [0.3, 0.4) is 0 Å². The quantitative estimate of drug-likeness (QED) is 0.640. The number of nitrogens with one attached hydrogen (secondary N) is 2. The lowest BCUT2D eigenvalue weighted by Crippen LogP contribution is -2.26. The fraction of sp³-hybridized carbons (Fsp3) is 0.643. The predicted molar refractivity (Wildman–Crippen MR) is 78.9 cm³/mol. The second kappa shape index (κ2) is 10.1. The Morgan fingerprint density at radius 1 is 1.20 bits per heavy atom. The number of unbranched alkanes of at least 4 members (excludes halogenated alkanes) is 1. The Morgan fingerprint density at radius 3 is 2.65 bits per heavy atom. The molecule has 0 aromatic carbocycles. The summed E-state index contributed by atoms with van der Waals surface area (Å²) < 4.78 is 5.42. The van der Waals surface area contributed by atoms with E-state index < -0.39 is 0 Å². The van der Waals surface area contributed by atoms with E-state index in [0.29, 0.717) is 24.7 Å². The summed E-state index contributed by atoms with van der Waals surface area (Å²) in [6.07, 6.45) is 3.02. The van der Waals surface area contributed by atoms with Crippen LogP contribution in [0.15, 0.2) is 12.1 Å². The molecule has 0 unspecified atom stereocenters. The first-order chi connectivity index (χ1) is 9.77. The molecule has 0 fully saturated rings. The second-order valence-electron chi connectivity index (χ2n) is 4.41. The van der Waals surface area contributed by atoms with Crippen molar-refractivity contribution in [3.05, 3.63) is 17.8 Å².